The highest BCUT2D eigenvalue weighted by atomic mass is 16.2. The summed E-state index contributed by atoms with van der Waals surface area (Å²) < 4.78 is 0. The highest BCUT2D eigenvalue weighted by Crippen LogP contribution is 2.14. The molecule has 0 saturated carbocycles. The minimum absolute atomic E-state index is 0.259. The first-order valence-corrected chi connectivity index (χ1v) is 8.46. The Morgan fingerprint density at radius 2 is 1.81 bits per heavy atom. The molecule has 2 aromatic carbocycles. The summed E-state index contributed by atoms with van der Waals surface area (Å²) in [6.07, 6.45) is 0.343. The van der Waals surface area contributed by atoms with E-state index >= 15 is 0 Å². The molecule has 3 aromatic rings. The van der Waals surface area contributed by atoms with Crippen molar-refractivity contribution in [1.29, 1.82) is 0 Å². The molecule has 0 saturated heterocycles. The number of carbonyl (C=O) groups is 2. The fourth-order valence-corrected chi connectivity index (χ4v) is 2.81. The van der Waals surface area contributed by atoms with Crippen LogP contribution in [0.15, 0.2) is 54.6 Å². The third kappa shape index (κ3) is 3.88. The van der Waals surface area contributed by atoms with E-state index in [-0.39, 0.29) is 5.69 Å². The maximum Gasteiger partial charge on any atom is 0.270 e. The van der Waals surface area contributed by atoms with Gasteiger partial charge in [-0.25, -0.2) is 4.98 Å². The van der Waals surface area contributed by atoms with E-state index in [1.807, 2.05) is 62.4 Å². The average molecular weight is 347 g/mol. The summed E-state index contributed by atoms with van der Waals surface area (Å²) in [7, 11) is 0. The van der Waals surface area contributed by atoms with Crippen molar-refractivity contribution in [1.82, 2.24) is 10.3 Å². The SMILES string of the molecule is Cc1ccc(C[C@H](NC(=O)c2ccc3ccccc3n2)C(N)=O)cc1C. The molecule has 0 bridgehead atoms. The Labute approximate surface area is 152 Å². The minimum atomic E-state index is -0.794. The average Bonchev–Trinajstić information content (AvgIpc) is 2.63. The second-order valence-corrected chi connectivity index (χ2v) is 6.44. The lowest BCUT2D eigenvalue weighted by Gasteiger charge is -2.16. The van der Waals surface area contributed by atoms with Gasteiger partial charge in [-0.2, -0.15) is 0 Å². The molecule has 132 valence electrons. The zero-order valence-corrected chi connectivity index (χ0v) is 14.8. The van der Waals surface area contributed by atoms with Crippen LogP contribution in [0.3, 0.4) is 0 Å². The number of hydrogen-bond acceptors (Lipinski definition) is 3. The molecule has 0 radical (unpaired) electrons. The van der Waals surface area contributed by atoms with Crippen LogP contribution >= 0.6 is 0 Å². The predicted octanol–water partition coefficient (Wildman–Crippen LogP) is 2.68. The topological polar surface area (TPSA) is 85.1 Å². The smallest absolute Gasteiger partial charge is 0.270 e. The number of rotatable bonds is 5. The van der Waals surface area contributed by atoms with Crippen LogP contribution in [0.5, 0.6) is 0 Å². The van der Waals surface area contributed by atoms with Gasteiger partial charge in [-0.05, 0) is 42.7 Å². The number of nitrogens with zero attached hydrogens (tertiary/aromatic N) is 1. The molecule has 3 N–H and O–H groups in total. The van der Waals surface area contributed by atoms with Crippen LogP contribution in [0.4, 0.5) is 0 Å². The summed E-state index contributed by atoms with van der Waals surface area (Å²) in [5.41, 5.74) is 9.74. The largest absolute Gasteiger partial charge is 0.368 e. The third-order valence-electron chi connectivity index (χ3n) is 4.49. The number of amides is 2. The summed E-state index contributed by atoms with van der Waals surface area (Å²) in [6, 6.07) is 16.2. The van der Waals surface area contributed by atoms with Crippen LogP contribution < -0.4 is 11.1 Å². The molecular weight excluding hydrogens is 326 g/mol. The van der Waals surface area contributed by atoms with Gasteiger partial charge in [0.15, 0.2) is 0 Å². The molecule has 1 heterocycles. The molecule has 1 aromatic heterocycles. The lowest BCUT2D eigenvalue weighted by Crippen LogP contribution is -2.46. The van der Waals surface area contributed by atoms with Crippen molar-refractivity contribution in [3.8, 4) is 0 Å². The quantitative estimate of drug-likeness (QED) is 0.744. The fraction of sp³-hybridized carbons (Fsp3) is 0.190. The van der Waals surface area contributed by atoms with Crippen LogP contribution in [-0.2, 0) is 11.2 Å². The molecule has 0 aliphatic carbocycles. The Hall–Kier alpha value is -3.21. The van der Waals surface area contributed by atoms with E-state index in [1.165, 1.54) is 5.56 Å². The third-order valence-corrected chi connectivity index (χ3v) is 4.49. The van der Waals surface area contributed by atoms with E-state index in [4.69, 9.17) is 5.73 Å². The van der Waals surface area contributed by atoms with Crippen LogP contribution in [0, 0.1) is 13.8 Å². The van der Waals surface area contributed by atoms with Crippen molar-refractivity contribution in [2.45, 2.75) is 26.3 Å². The number of benzene rings is 2. The standard InChI is InChI=1S/C21H21N3O2/c1-13-7-8-15(11-14(13)2)12-19(20(22)25)24-21(26)18-10-9-16-5-3-4-6-17(16)23-18/h3-11,19H,12H2,1-2H3,(H2,22,25)(H,24,26)/t19-/m0/s1. The van der Waals surface area contributed by atoms with Crippen LogP contribution in [0.25, 0.3) is 10.9 Å². The lowest BCUT2D eigenvalue weighted by atomic mass is 10.0. The van der Waals surface area contributed by atoms with Crippen molar-refractivity contribution in [3.05, 3.63) is 77.0 Å². The summed E-state index contributed by atoms with van der Waals surface area (Å²) in [5.74, 6) is -0.985. The van der Waals surface area contributed by atoms with Crippen LogP contribution in [0.1, 0.15) is 27.2 Å². The van der Waals surface area contributed by atoms with Gasteiger partial charge in [0.2, 0.25) is 5.91 Å². The van der Waals surface area contributed by atoms with Crippen molar-refractivity contribution in [2.24, 2.45) is 5.73 Å². The van der Waals surface area contributed by atoms with Crippen molar-refractivity contribution in [3.63, 3.8) is 0 Å². The van der Waals surface area contributed by atoms with E-state index in [9.17, 15) is 9.59 Å². The van der Waals surface area contributed by atoms with Gasteiger partial charge in [0.25, 0.3) is 5.91 Å². The second kappa shape index (κ2) is 7.35. The number of carbonyl (C=O) groups excluding carboxylic acids is 2. The number of aromatic nitrogens is 1. The number of para-hydroxylation sites is 1. The van der Waals surface area contributed by atoms with Gasteiger partial charge in [-0.15, -0.1) is 0 Å². The molecule has 0 fully saturated rings. The van der Waals surface area contributed by atoms with E-state index in [0.717, 1.165) is 22.0 Å². The molecule has 1 atom stereocenters. The first-order chi connectivity index (χ1) is 12.4. The number of nitrogens with two attached hydrogens (primary N) is 1. The summed E-state index contributed by atoms with van der Waals surface area (Å²) in [6.45, 7) is 4.04. The lowest BCUT2D eigenvalue weighted by molar-refractivity contribution is -0.119. The second-order valence-electron chi connectivity index (χ2n) is 6.44. The van der Waals surface area contributed by atoms with Crippen molar-refractivity contribution in [2.75, 3.05) is 0 Å². The van der Waals surface area contributed by atoms with E-state index < -0.39 is 17.9 Å². The number of fused-ring (bicyclic) bond motifs is 1. The molecule has 2 amide bonds. The zero-order valence-electron chi connectivity index (χ0n) is 14.8. The summed E-state index contributed by atoms with van der Waals surface area (Å²) >= 11 is 0. The van der Waals surface area contributed by atoms with Gasteiger partial charge in [0.1, 0.15) is 11.7 Å². The molecule has 3 rings (SSSR count). The van der Waals surface area contributed by atoms with Crippen molar-refractivity contribution >= 4 is 22.7 Å². The van der Waals surface area contributed by atoms with Crippen LogP contribution in [0.2, 0.25) is 0 Å². The van der Waals surface area contributed by atoms with Gasteiger partial charge in [-0.3, -0.25) is 9.59 Å². The zero-order chi connectivity index (χ0) is 18.7. The van der Waals surface area contributed by atoms with Gasteiger partial charge in [0, 0.05) is 11.8 Å². The molecule has 5 nitrogen and oxygen atoms in total. The summed E-state index contributed by atoms with van der Waals surface area (Å²) in [5, 5.41) is 3.65. The minimum Gasteiger partial charge on any atom is -0.368 e. The number of primary amides is 1. The highest BCUT2D eigenvalue weighted by Gasteiger charge is 2.20. The van der Waals surface area contributed by atoms with E-state index in [0.29, 0.717) is 6.42 Å². The predicted molar refractivity (Wildman–Crippen MR) is 102 cm³/mol. The van der Waals surface area contributed by atoms with E-state index in [2.05, 4.69) is 10.3 Å². The van der Waals surface area contributed by atoms with Crippen molar-refractivity contribution < 1.29 is 9.59 Å². The Morgan fingerprint density at radius 3 is 2.54 bits per heavy atom. The molecular formula is C21H21N3O2. The maximum absolute atomic E-state index is 12.5. The Balaban J connectivity index is 1.78. The molecule has 0 spiro atoms. The van der Waals surface area contributed by atoms with Gasteiger partial charge >= 0.3 is 0 Å². The number of pyridine rings is 1. The van der Waals surface area contributed by atoms with E-state index in [1.54, 1.807) is 6.07 Å². The number of nitrogens with one attached hydrogen (secondary N) is 1. The number of hydrogen-bond donors (Lipinski definition) is 2. The Morgan fingerprint density at radius 1 is 1.04 bits per heavy atom. The summed E-state index contributed by atoms with van der Waals surface area (Å²) in [4.78, 5) is 28.7. The molecule has 0 aliphatic heterocycles. The molecule has 0 aliphatic rings. The fourth-order valence-electron chi connectivity index (χ4n) is 2.81. The van der Waals surface area contributed by atoms with Gasteiger partial charge < -0.3 is 11.1 Å². The van der Waals surface area contributed by atoms with Crippen LogP contribution in [-0.4, -0.2) is 22.8 Å². The highest BCUT2D eigenvalue weighted by molar-refractivity contribution is 5.97. The first kappa shape index (κ1) is 17.6. The molecule has 0 unspecified atom stereocenters. The Kier molecular flexibility index (Phi) is 4.98. The molecule has 5 heteroatoms. The normalized spacial score (nSPS) is 11.9. The van der Waals surface area contributed by atoms with Gasteiger partial charge in [0.05, 0.1) is 5.52 Å². The Bertz CT molecular complexity index is 982. The molecule has 26 heavy (non-hydrogen) atoms. The number of aryl methyl sites for hydroxylation is 2. The van der Waals surface area contributed by atoms with Gasteiger partial charge in [-0.1, -0.05) is 42.5 Å². The first-order valence-electron chi connectivity index (χ1n) is 8.46. The monoisotopic (exact) mass is 347 g/mol. The maximum atomic E-state index is 12.5.